The van der Waals surface area contributed by atoms with Gasteiger partial charge in [0.1, 0.15) is 6.54 Å². The fourth-order valence-corrected chi connectivity index (χ4v) is 10.4. The van der Waals surface area contributed by atoms with Gasteiger partial charge in [-0.05, 0) is 67.7 Å². The van der Waals surface area contributed by atoms with Crippen LogP contribution in [0.15, 0.2) is 27.3 Å². The SMILES string of the molecule is O=C(Cn1c2c(sc1=O)[C@@H](c1cccs1)C1C3CCC(C3)C1S2)N1CCCCC1. The zero-order valence-electron chi connectivity index (χ0n) is 16.4. The Labute approximate surface area is 183 Å². The van der Waals surface area contributed by atoms with E-state index < -0.39 is 0 Å². The molecule has 7 heteroatoms. The number of thiazole rings is 1. The maximum atomic E-state index is 13.0. The topological polar surface area (TPSA) is 42.3 Å². The van der Waals surface area contributed by atoms with E-state index in [2.05, 4.69) is 17.5 Å². The smallest absolute Gasteiger partial charge is 0.308 e. The van der Waals surface area contributed by atoms with Crippen LogP contribution in [0.3, 0.4) is 0 Å². The lowest BCUT2D eigenvalue weighted by atomic mass is 9.77. The van der Waals surface area contributed by atoms with E-state index in [1.165, 1.54) is 46.8 Å². The van der Waals surface area contributed by atoms with Crippen LogP contribution in [0, 0.1) is 17.8 Å². The Morgan fingerprint density at radius 2 is 1.97 bits per heavy atom. The van der Waals surface area contributed by atoms with Crippen molar-refractivity contribution in [3.05, 3.63) is 36.9 Å². The number of carbonyl (C=O) groups excluding carboxylic acids is 1. The van der Waals surface area contributed by atoms with Gasteiger partial charge in [0.2, 0.25) is 5.91 Å². The summed E-state index contributed by atoms with van der Waals surface area (Å²) in [5.41, 5.74) is 0. The Bertz CT molecular complexity index is 973. The second kappa shape index (κ2) is 7.27. The molecule has 0 N–H and O–H groups in total. The van der Waals surface area contributed by atoms with Crippen molar-refractivity contribution in [1.82, 2.24) is 9.47 Å². The first kappa shape index (κ1) is 18.7. The number of thioether (sulfide) groups is 1. The number of thiophene rings is 1. The fraction of sp³-hybridized carbons (Fsp3) is 0.636. The Morgan fingerprint density at radius 1 is 1.14 bits per heavy atom. The van der Waals surface area contributed by atoms with Crippen molar-refractivity contribution in [2.75, 3.05) is 13.1 Å². The van der Waals surface area contributed by atoms with Crippen LogP contribution in [0.5, 0.6) is 0 Å². The van der Waals surface area contributed by atoms with Crippen molar-refractivity contribution in [2.45, 2.75) is 61.3 Å². The second-order valence-corrected chi connectivity index (χ2v) is 12.2. The minimum Gasteiger partial charge on any atom is -0.341 e. The standard InChI is InChI=1S/C22H26N2O2S3/c25-16(23-8-2-1-3-9-23)12-24-21-20(29-22(24)26)18(15-5-4-10-27-15)17-13-6-7-14(11-13)19(17)28-21/h4-5,10,13-14,17-19H,1-3,6-9,11-12H2/t13?,14?,17?,18-,19?/m0/s1. The highest BCUT2D eigenvalue weighted by Crippen LogP contribution is 2.64. The average molecular weight is 447 g/mol. The van der Waals surface area contributed by atoms with Crippen LogP contribution in [0.4, 0.5) is 0 Å². The summed E-state index contributed by atoms with van der Waals surface area (Å²) in [6.07, 6.45) is 7.44. The lowest BCUT2D eigenvalue weighted by Gasteiger charge is -2.40. The molecule has 4 nitrogen and oxygen atoms in total. The molecule has 4 heterocycles. The van der Waals surface area contributed by atoms with Crippen LogP contribution in [0.1, 0.15) is 54.2 Å². The van der Waals surface area contributed by atoms with E-state index in [-0.39, 0.29) is 17.3 Å². The first-order valence-corrected chi connectivity index (χ1v) is 13.5. The first-order chi connectivity index (χ1) is 14.2. The summed E-state index contributed by atoms with van der Waals surface area (Å²) in [7, 11) is 0. The molecule has 6 rings (SSSR count). The summed E-state index contributed by atoms with van der Waals surface area (Å²) in [5, 5.41) is 3.88. The number of fused-ring (bicyclic) bond motifs is 6. The maximum Gasteiger partial charge on any atom is 0.308 e. The van der Waals surface area contributed by atoms with E-state index in [0.717, 1.165) is 42.8 Å². The molecular formula is C22H26N2O2S3. The highest BCUT2D eigenvalue weighted by atomic mass is 32.2. The van der Waals surface area contributed by atoms with Crippen molar-refractivity contribution in [1.29, 1.82) is 0 Å². The molecular weight excluding hydrogens is 420 g/mol. The normalized spacial score (nSPS) is 33.0. The predicted octanol–water partition coefficient (Wildman–Crippen LogP) is 4.64. The number of nitrogens with zero attached hydrogens (tertiary/aromatic N) is 2. The summed E-state index contributed by atoms with van der Waals surface area (Å²) < 4.78 is 1.82. The van der Waals surface area contributed by atoms with Gasteiger partial charge in [0.05, 0.1) is 5.03 Å². The summed E-state index contributed by atoms with van der Waals surface area (Å²) in [4.78, 5) is 30.6. The highest BCUT2D eigenvalue weighted by molar-refractivity contribution is 8.00. The van der Waals surface area contributed by atoms with Crippen molar-refractivity contribution in [2.24, 2.45) is 17.8 Å². The van der Waals surface area contributed by atoms with Crippen LogP contribution >= 0.6 is 34.4 Å². The summed E-state index contributed by atoms with van der Waals surface area (Å²) in [6, 6.07) is 4.40. The van der Waals surface area contributed by atoms with E-state index >= 15 is 0 Å². The van der Waals surface area contributed by atoms with E-state index in [4.69, 9.17) is 0 Å². The molecule has 4 aliphatic rings. The molecule has 1 saturated heterocycles. The third-order valence-corrected chi connectivity index (χ3v) is 11.3. The van der Waals surface area contributed by atoms with Crippen molar-refractivity contribution >= 4 is 40.3 Å². The van der Waals surface area contributed by atoms with Crippen LogP contribution < -0.4 is 4.87 Å². The van der Waals surface area contributed by atoms with Gasteiger partial charge in [0, 0.05) is 34.0 Å². The molecule has 3 fully saturated rings. The van der Waals surface area contributed by atoms with E-state index in [0.29, 0.717) is 17.1 Å². The van der Waals surface area contributed by atoms with Gasteiger partial charge in [-0.1, -0.05) is 17.4 Å². The Kier molecular flexibility index (Phi) is 4.69. The van der Waals surface area contributed by atoms with E-state index in [9.17, 15) is 9.59 Å². The summed E-state index contributed by atoms with van der Waals surface area (Å²) in [6.45, 7) is 1.92. The molecule has 154 valence electrons. The summed E-state index contributed by atoms with van der Waals surface area (Å²) >= 11 is 5.18. The molecule has 2 aromatic heterocycles. The zero-order chi connectivity index (χ0) is 19.5. The molecule has 4 unspecified atom stereocenters. The van der Waals surface area contributed by atoms with Crippen LogP contribution in [-0.2, 0) is 11.3 Å². The Hall–Kier alpha value is -1.05. The van der Waals surface area contributed by atoms with Crippen LogP contribution in [-0.4, -0.2) is 33.7 Å². The Morgan fingerprint density at radius 3 is 2.76 bits per heavy atom. The number of hydrogen-bond donors (Lipinski definition) is 0. The molecule has 2 aliphatic carbocycles. The van der Waals surface area contributed by atoms with E-state index in [1.807, 2.05) is 32.6 Å². The molecule has 0 aromatic carbocycles. The predicted molar refractivity (Wildman–Crippen MR) is 119 cm³/mol. The van der Waals surface area contributed by atoms with Gasteiger partial charge in [-0.15, -0.1) is 23.1 Å². The second-order valence-electron chi connectivity index (χ2n) is 9.05. The zero-order valence-corrected chi connectivity index (χ0v) is 18.9. The molecule has 2 aromatic rings. The third-order valence-electron chi connectivity index (χ3n) is 7.54. The quantitative estimate of drug-likeness (QED) is 0.690. The van der Waals surface area contributed by atoms with Gasteiger partial charge in [-0.2, -0.15) is 0 Å². The van der Waals surface area contributed by atoms with Gasteiger partial charge < -0.3 is 4.90 Å². The molecule has 1 amide bonds. The number of piperidine rings is 1. The van der Waals surface area contributed by atoms with Gasteiger partial charge in [-0.3, -0.25) is 14.2 Å². The maximum absolute atomic E-state index is 13.0. The number of likely N-dealkylation sites (tertiary alicyclic amines) is 1. The Balaban J connectivity index is 1.39. The van der Waals surface area contributed by atoms with Gasteiger partial charge >= 0.3 is 4.87 Å². The van der Waals surface area contributed by atoms with Gasteiger partial charge in [0.15, 0.2) is 0 Å². The van der Waals surface area contributed by atoms with Crippen LogP contribution in [0.2, 0.25) is 0 Å². The fourth-order valence-electron chi connectivity index (χ4n) is 6.25. The van der Waals surface area contributed by atoms with Crippen molar-refractivity contribution < 1.29 is 4.79 Å². The summed E-state index contributed by atoms with van der Waals surface area (Å²) in [5.74, 6) is 2.73. The van der Waals surface area contributed by atoms with Gasteiger partial charge in [0.25, 0.3) is 0 Å². The van der Waals surface area contributed by atoms with Crippen molar-refractivity contribution in [3.63, 3.8) is 0 Å². The average Bonchev–Trinajstić information content (AvgIpc) is 3.53. The van der Waals surface area contributed by atoms with Gasteiger partial charge in [-0.25, -0.2) is 0 Å². The first-order valence-electron chi connectivity index (χ1n) is 10.9. The lowest BCUT2D eigenvalue weighted by Crippen LogP contribution is -2.39. The third kappa shape index (κ3) is 2.99. The minimum atomic E-state index is 0.0572. The number of hydrogen-bond acceptors (Lipinski definition) is 5. The number of rotatable bonds is 3. The molecule has 0 spiro atoms. The molecule has 2 bridgehead atoms. The van der Waals surface area contributed by atoms with E-state index in [1.54, 1.807) is 0 Å². The number of carbonyl (C=O) groups is 1. The molecule has 2 saturated carbocycles. The monoisotopic (exact) mass is 446 g/mol. The molecule has 0 radical (unpaired) electrons. The number of aromatic nitrogens is 1. The molecule has 29 heavy (non-hydrogen) atoms. The van der Waals surface area contributed by atoms with Crippen LogP contribution in [0.25, 0.3) is 0 Å². The molecule has 5 atom stereocenters. The highest BCUT2D eigenvalue weighted by Gasteiger charge is 2.55. The molecule has 2 aliphatic heterocycles. The largest absolute Gasteiger partial charge is 0.341 e. The number of amides is 1. The lowest BCUT2D eigenvalue weighted by molar-refractivity contribution is -0.132. The minimum absolute atomic E-state index is 0.0572. The van der Waals surface area contributed by atoms with Crippen molar-refractivity contribution in [3.8, 4) is 0 Å².